The summed E-state index contributed by atoms with van der Waals surface area (Å²) in [6, 6.07) is 0.459. The highest BCUT2D eigenvalue weighted by atomic mass is 16.7. The summed E-state index contributed by atoms with van der Waals surface area (Å²) < 4.78 is 1.93. The van der Waals surface area contributed by atoms with Gasteiger partial charge in [-0.1, -0.05) is 5.16 Å². The van der Waals surface area contributed by atoms with Crippen molar-refractivity contribution >= 4 is 28.4 Å². The Hall–Kier alpha value is -2.68. The van der Waals surface area contributed by atoms with Gasteiger partial charge in [0.15, 0.2) is 5.65 Å². The van der Waals surface area contributed by atoms with Gasteiger partial charge in [0.25, 0.3) is 0 Å². The number of hydrogen-bond donors (Lipinski definition) is 3. The van der Waals surface area contributed by atoms with Crippen LogP contribution in [-0.2, 0) is 16.2 Å². The van der Waals surface area contributed by atoms with E-state index in [1.165, 1.54) is 0 Å². The second-order valence-corrected chi connectivity index (χ2v) is 10.0. The molecule has 9 heteroatoms. The largest absolute Gasteiger partial charge is 0.481 e. The second-order valence-electron chi connectivity index (χ2n) is 10.0. The molecule has 9 nitrogen and oxygen atoms in total. The summed E-state index contributed by atoms with van der Waals surface area (Å²) in [5, 5.41) is 23.4. The Morgan fingerprint density at radius 2 is 2.00 bits per heavy atom. The summed E-state index contributed by atoms with van der Waals surface area (Å²) in [6.45, 7) is 4.82. The summed E-state index contributed by atoms with van der Waals surface area (Å²) in [7, 11) is 0. The number of nitrogens with two attached hydrogens (primary N) is 1. The van der Waals surface area contributed by atoms with Crippen LogP contribution in [0.4, 0.5) is 5.69 Å². The van der Waals surface area contributed by atoms with Gasteiger partial charge < -0.3 is 21.0 Å². The van der Waals surface area contributed by atoms with E-state index in [0.29, 0.717) is 12.8 Å². The Labute approximate surface area is 193 Å². The summed E-state index contributed by atoms with van der Waals surface area (Å²) in [6.07, 6.45) is 9.45. The third-order valence-electron chi connectivity index (χ3n) is 7.75. The van der Waals surface area contributed by atoms with Gasteiger partial charge in [-0.15, -0.1) is 0 Å². The normalized spacial score (nSPS) is 29.8. The highest BCUT2D eigenvalue weighted by Crippen LogP contribution is 2.41. The van der Waals surface area contributed by atoms with Crippen LogP contribution in [-0.4, -0.2) is 49.2 Å². The topological polar surface area (TPSA) is 128 Å². The number of nitrogens with one attached hydrogen (secondary N) is 1. The van der Waals surface area contributed by atoms with Crippen molar-refractivity contribution < 1.29 is 14.7 Å². The van der Waals surface area contributed by atoms with Gasteiger partial charge in [-0.05, 0) is 65.2 Å². The maximum atomic E-state index is 11.4. The molecule has 33 heavy (non-hydrogen) atoms. The Balaban J connectivity index is 1.47. The number of rotatable bonds is 5. The van der Waals surface area contributed by atoms with Crippen LogP contribution < -0.4 is 11.1 Å². The number of aliphatic carboxylic acids is 1. The van der Waals surface area contributed by atoms with Crippen molar-refractivity contribution in [3.05, 3.63) is 17.5 Å². The molecule has 2 fully saturated rings. The number of carbonyl (C=O) groups is 1. The molecule has 2 saturated carbocycles. The molecule has 0 unspecified atom stereocenters. The molecular formula is C24H34N6O3. The number of carboxylic acid groups (broad SMARTS) is 1. The van der Waals surface area contributed by atoms with Crippen LogP contribution in [0.3, 0.4) is 0 Å². The van der Waals surface area contributed by atoms with Crippen LogP contribution in [0.25, 0.3) is 11.0 Å². The van der Waals surface area contributed by atoms with E-state index in [1.54, 1.807) is 0 Å². The van der Waals surface area contributed by atoms with E-state index >= 15 is 0 Å². The Morgan fingerprint density at radius 1 is 1.27 bits per heavy atom. The van der Waals surface area contributed by atoms with Gasteiger partial charge in [-0.3, -0.25) is 4.79 Å². The van der Waals surface area contributed by atoms with Gasteiger partial charge in [-0.2, -0.15) is 5.10 Å². The standard InChI is InChI=1S/C24H34N6O3/c1-3-30-22-20(14(2)28-30)21(27-17-6-4-15(5-7-17)23(31)32)18(13-26-22)19-12-24(33-29-19)10-8-16(25)9-11-24/h13,15-17H,3-12,25H2,1-2H3,(H,26,27)(H,31,32). The lowest BCUT2D eigenvalue weighted by Crippen LogP contribution is -2.39. The average Bonchev–Trinajstić information content (AvgIpc) is 3.38. The van der Waals surface area contributed by atoms with Gasteiger partial charge in [0, 0.05) is 36.8 Å². The molecule has 0 radical (unpaired) electrons. The van der Waals surface area contributed by atoms with Gasteiger partial charge in [0.05, 0.1) is 28.4 Å². The number of pyridine rings is 1. The third kappa shape index (κ3) is 4.07. The number of aromatic nitrogens is 3. The monoisotopic (exact) mass is 454 g/mol. The fourth-order valence-electron chi connectivity index (χ4n) is 5.70. The molecular weight excluding hydrogens is 420 g/mol. The predicted octanol–water partition coefficient (Wildman–Crippen LogP) is 3.58. The quantitative estimate of drug-likeness (QED) is 0.630. The van der Waals surface area contributed by atoms with Crippen molar-refractivity contribution in [3.63, 3.8) is 0 Å². The van der Waals surface area contributed by atoms with Crippen LogP contribution >= 0.6 is 0 Å². The zero-order chi connectivity index (χ0) is 23.2. The number of nitrogens with zero attached hydrogens (tertiary/aromatic N) is 4. The molecule has 1 spiro atoms. The second kappa shape index (κ2) is 8.59. The number of oxime groups is 1. The van der Waals surface area contributed by atoms with Crippen molar-refractivity contribution in [1.29, 1.82) is 0 Å². The molecule has 0 amide bonds. The molecule has 3 heterocycles. The van der Waals surface area contributed by atoms with Crippen molar-refractivity contribution in [2.24, 2.45) is 16.8 Å². The van der Waals surface area contributed by atoms with Crippen LogP contribution in [0.2, 0.25) is 0 Å². The maximum absolute atomic E-state index is 11.4. The minimum Gasteiger partial charge on any atom is -0.481 e. The molecule has 0 aromatic carbocycles. The highest BCUT2D eigenvalue weighted by molar-refractivity contribution is 6.11. The molecule has 2 aliphatic carbocycles. The van der Waals surface area contributed by atoms with Crippen LogP contribution in [0, 0.1) is 12.8 Å². The van der Waals surface area contributed by atoms with Gasteiger partial charge in [0.2, 0.25) is 0 Å². The summed E-state index contributed by atoms with van der Waals surface area (Å²) in [4.78, 5) is 22.2. The Morgan fingerprint density at radius 3 is 2.67 bits per heavy atom. The van der Waals surface area contributed by atoms with Crippen molar-refractivity contribution in [2.75, 3.05) is 5.32 Å². The highest BCUT2D eigenvalue weighted by Gasteiger charge is 2.43. The number of fused-ring (bicyclic) bond motifs is 1. The van der Waals surface area contributed by atoms with Crippen LogP contribution in [0.1, 0.15) is 76.0 Å². The molecule has 5 rings (SSSR count). The van der Waals surface area contributed by atoms with Crippen molar-refractivity contribution in [2.45, 2.75) is 95.9 Å². The van der Waals surface area contributed by atoms with Crippen molar-refractivity contribution in [3.8, 4) is 0 Å². The maximum Gasteiger partial charge on any atom is 0.306 e. The molecule has 0 atom stereocenters. The third-order valence-corrected chi connectivity index (χ3v) is 7.75. The smallest absolute Gasteiger partial charge is 0.306 e. The number of carboxylic acids is 1. The van der Waals surface area contributed by atoms with E-state index in [-0.39, 0.29) is 23.6 Å². The first-order chi connectivity index (χ1) is 15.9. The predicted molar refractivity (Wildman–Crippen MR) is 126 cm³/mol. The van der Waals surface area contributed by atoms with E-state index in [2.05, 4.69) is 17.4 Å². The lowest BCUT2D eigenvalue weighted by molar-refractivity contribution is -0.142. The Kier molecular flexibility index (Phi) is 5.76. The number of hydrogen-bond acceptors (Lipinski definition) is 7. The Bertz CT molecular complexity index is 1080. The molecule has 4 N–H and O–H groups in total. The van der Waals surface area contributed by atoms with Gasteiger partial charge in [0.1, 0.15) is 5.60 Å². The van der Waals surface area contributed by atoms with E-state index in [1.807, 2.05) is 17.8 Å². The number of anilines is 1. The fourth-order valence-corrected chi connectivity index (χ4v) is 5.70. The van der Waals surface area contributed by atoms with E-state index < -0.39 is 5.97 Å². The minimum absolute atomic E-state index is 0.207. The van der Waals surface area contributed by atoms with Gasteiger partial charge >= 0.3 is 5.97 Å². The summed E-state index contributed by atoms with van der Waals surface area (Å²) >= 11 is 0. The van der Waals surface area contributed by atoms with Crippen LogP contribution in [0.15, 0.2) is 11.4 Å². The first-order valence-corrected chi connectivity index (χ1v) is 12.3. The molecule has 1 aliphatic heterocycles. The van der Waals surface area contributed by atoms with Crippen molar-refractivity contribution in [1.82, 2.24) is 14.8 Å². The zero-order valence-corrected chi connectivity index (χ0v) is 19.5. The molecule has 3 aliphatic rings. The lowest BCUT2D eigenvalue weighted by Gasteiger charge is -2.33. The number of aryl methyl sites for hydroxylation is 2. The summed E-state index contributed by atoms with van der Waals surface area (Å²) in [5.74, 6) is -0.926. The zero-order valence-electron chi connectivity index (χ0n) is 19.5. The fraction of sp³-hybridized carbons (Fsp3) is 0.667. The van der Waals surface area contributed by atoms with Crippen LogP contribution in [0.5, 0.6) is 0 Å². The molecule has 178 valence electrons. The molecule has 2 aromatic rings. The molecule has 0 saturated heterocycles. The van der Waals surface area contributed by atoms with E-state index in [9.17, 15) is 9.90 Å². The molecule has 0 bridgehead atoms. The first-order valence-electron chi connectivity index (χ1n) is 12.3. The summed E-state index contributed by atoms with van der Waals surface area (Å²) in [5.41, 5.74) is 10.6. The first kappa shape index (κ1) is 22.1. The SMILES string of the molecule is CCn1nc(C)c2c(NC3CCC(C(=O)O)CC3)c(C3=NOC4(CCC(N)CC4)C3)cnc21. The molecule has 2 aromatic heterocycles. The van der Waals surface area contributed by atoms with Gasteiger partial charge in [-0.25, -0.2) is 9.67 Å². The minimum atomic E-state index is -0.685. The van der Waals surface area contributed by atoms with E-state index in [4.69, 9.17) is 20.7 Å². The van der Waals surface area contributed by atoms with E-state index in [0.717, 1.165) is 85.2 Å². The average molecular weight is 455 g/mol. The lowest BCUT2D eigenvalue weighted by atomic mass is 9.79.